The minimum atomic E-state index is -1.18. The van der Waals surface area contributed by atoms with E-state index in [4.69, 9.17) is 15.6 Å². The van der Waals surface area contributed by atoms with Crippen LogP contribution in [-0.4, -0.2) is 34.2 Å². The number of hydrogen-bond acceptors (Lipinski definition) is 4. The van der Waals surface area contributed by atoms with Gasteiger partial charge in [-0.3, -0.25) is 9.69 Å². The molecule has 0 aliphatic rings. The fourth-order valence-corrected chi connectivity index (χ4v) is 1.59. The lowest BCUT2D eigenvalue weighted by Crippen LogP contribution is -2.39. The first kappa shape index (κ1) is 16.7. The number of carbonyl (C=O) groups is 2. The molecule has 3 N–H and O–H groups in total. The van der Waals surface area contributed by atoms with Crippen LogP contribution in [0.25, 0.3) is 0 Å². The van der Waals surface area contributed by atoms with Gasteiger partial charge in [0.25, 0.3) is 0 Å². The predicted molar refractivity (Wildman–Crippen MR) is 75.1 cm³/mol. The van der Waals surface area contributed by atoms with Crippen molar-refractivity contribution in [1.82, 2.24) is 4.90 Å². The van der Waals surface area contributed by atoms with E-state index in [0.29, 0.717) is 5.56 Å². The number of anilines is 1. The molecule has 0 saturated heterocycles. The average molecular weight is 298 g/mol. The molecule has 0 unspecified atom stereocenters. The lowest BCUT2D eigenvalue weighted by molar-refractivity contribution is -0.138. The van der Waals surface area contributed by atoms with E-state index in [1.54, 1.807) is 20.8 Å². The van der Waals surface area contributed by atoms with Crippen LogP contribution < -0.4 is 5.73 Å². The van der Waals surface area contributed by atoms with Crippen LogP contribution in [-0.2, 0) is 16.1 Å². The summed E-state index contributed by atoms with van der Waals surface area (Å²) in [4.78, 5) is 23.9. The van der Waals surface area contributed by atoms with Crippen molar-refractivity contribution in [3.63, 3.8) is 0 Å². The van der Waals surface area contributed by atoms with Gasteiger partial charge in [-0.1, -0.05) is 6.07 Å². The molecule has 0 radical (unpaired) electrons. The van der Waals surface area contributed by atoms with Gasteiger partial charge in [-0.15, -0.1) is 0 Å². The number of ether oxygens (including phenoxy) is 1. The zero-order chi connectivity index (χ0) is 16.2. The van der Waals surface area contributed by atoms with E-state index in [1.165, 1.54) is 12.1 Å². The van der Waals surface area contributed by atoms with Gasteiger partial charge in [-0.2, -0.15) is 0 Å². The number of nitrogen functional groups attached to an aromatic ring is 1. The van der Waals surface area contributed by atoms with Crippen molar-refractivity contribution in [3.05, 3.63) is 29.6 Å². The van der Waals surface area contributed by atoms with Crippen molar-refractivity contribution < 1.29 is 23.8 Å². The van der Waals surface area contributed by atoms with Gasteiger partial charge in [-0.25, -0.2) is 9.18 Å². The van der Waals surface area contributed by atoms with Gasteiger partial charge in [0.05, 0.1) is 6.54 Å². The summed E-state index contributed by atoms with van der Waals surface area (Å²) in [5, 5.41) is 8.88. The van der Waals surface area contributed by atoms with Crippen molar-refractivity contribution >= 4 is 17.7 Å². The van der Waals surface area contributed by atoms with Crippen LogP contribution in [0.3, 0.4) is 0 Å². The van der Waals surface area contributed by atoms with E-state index in [9.17, 15) is 14.0 Å². The van der Waals surface area contributed by atoms with Crippen LogP contribution in [0.2, 0.25) is 0 Å². The smallest absolute Gasteiger partial charge is 0.411 e. The first-order valence-electron chi connectivity index (χ1n) is 6.32. The number of carboxylic acid groups (broad SMARTS) is 1. The number of aliphatic carboxylic acids is 1. The van der Waals surface area contributed by atoms with Gasteiger partial charge < -0.3 is 15.6 Å². The molecular formula is C14H19FN2O4. The van der Waals surface area contributed by atoms with E-state index in [2.05, 4.69) is 0 Å². The van der Waals surface area contributed by atoms with Gasteiger partial charge in [0.1, 0.15) is 18.0 Å². The van der Waals surface area contributed by atoms with Crippen molar-refractivity contribution in [2.24, 2.45) is 0 Å². The van der Waals surface area contributed by atoms with Crippen LogP contribution in [0.4, 0.5) is 14.9 Å². The third-order valence-electron chi connectivity index (χ3n) is 2.45. The third kappa shape index (κ3) is 5.68. The largest absolute Gasteiger partial charge is 0.480 e. The van der Waals surface area contributed by atoms with E-state index < -0.39 is 30.0 Å². The predicted octanol–water partition coefficient (Wildman–Crippen LogP) is 2.23. The standard InChI is InChI=1S/C14H19FN2O4/c1-14(2,3)21-13(20)17(8-12(18)19)7-9-4-5-10(15)6-11(9)16/h4-6H,7-8,16H2,1-3H3,(H,18,19). The Kier molecular flexibility index (Phi) is 5.12. The molecular weight excluding hydrogens is 279 g/mol. The summed E-state index contributed by atoms with van der Waals surface area (Å²) in [6, 6.07) is 3.72. The minimum absolute atomic E-state index is 0.0761. The van der Waals surface area contributed by atoms with E-state index in [-0.39, 0.29) is 12.2 Å². The normalized spacial score (nSPS) is 11.0. The van der Waals surface area contributed by atoms with Crippen molar-refractivity contribution in [2.45, 2.75) is 32.9 Å². The van der Waals surface area contributed by atoms with E-state index in [0.717, 1.165) is 11.0 Å². The molecule has 0 heterocycles. The molecule has 6 nitrogen and oxygen atoms in total. The highest BCUT2D eigenvalue weighted by atomic mass is 19.1. The molecule has 1 rings (SSSR count). The molecule has 7 heteroatoms. The first-order chi connectivity index (χ1) is 9.58. The van der Waals surface area contributed by atoms with Gasteiger partial charge in [-0.05, 0) is 38.5 Å². The van der Waals surface area contributed by atoms with Crippen LogP contribution in [0.5, 0.6) is 0 Å². The van der Waals surface area contributed by atoms with Gasteiger partial charge in [0, 0.05) is 5.69 Å². The summed E-state index contributed by atoms with van der Waals surface area (Å²) < 4.78 is 18.1. The summed E-state index contributed by atoms with van der Waals surface area (Å²) in [5.74, 6) is -1.68. The van der Waals surface area contributed by atoms with Crippen molar-refractivity contribution in [3.8, 4) is 0 Å². The van der Waals surface area contributed by atoms with Crippen LogP contribution >= 0.6 is 0 Å². The van der Waals surface area contributed by atoms with Gasteiger partial charge in [0.15, 0.2) is 0 Å². The van der Waals surface area contributed by atoms with E-state index in [1.807, 2.05) is 0 Å². The Labute approximate surface area is 122 Å². The molecule has 1 aromatic carbocycles. The summed E-state index contributed by atoms with van der Waals surface area (Å²) in [5.41, 5.74) is 5.51. The lowest BCUT2D eigenvalue weighted by atomic mass is 10.1. The quantitative estimate of drug-likeness (QED) is 0.831. The number of amides is 1. The van der Waals surface area contributed by atoms with Crippen LogP contribution in [0.15, 0.2) is 18.2 Å². The molecule has 116 valence electrons. The monoisotopic (exact) mass is 298 g/mol. The van der Waals surface area contributed by atoms with Crippen molar-refractivity contribution in [1.29, 1.82) is 0 Å². The Bertz CT molecular complexity index is 540. The fourth-order valence-electron chi connectivity index (χ4n) is 1.59. The SMILES string of the molecule is CC(C)(C)OC(=O)N(CC(=O)O)Cc1ccc(F)cc1N. The molecule has 1 amide bonds. The second-order valence-corrected chi connectivity index (χ2v) is 5.57. The first-order valence-corrected chi connectivity index (χ1v) is 6.32. The summed E-state index contributed by atoms with van der Waals surface area (Å²) in [7, 11) is 0. The highest BCUT2D eigenvalue weighted by Gasteiger charge is 2.24. The molecule has 0 fully saturated rings. The minimum Gasteiger partial charge on any atom is -0.480 e. The molecule has 0 saturated carbocycles. The molecule has 21 heavy (non-hydrogen) atoms. The topological polar surface area (TPSA) is 92.9 Å². The number of nitrogens with zero attached hydrogens (tertiary/aromatic N) is 1. The molecule has 0 atom stereocenters. The number of nitrogens with two attached hydrogens (primary N) is 1. The second kappa shape index (κ2) is 6.43. The Hall–Kier alpha value is -2.31. The number of hydrogen-bond donors (Lipinski definition) is 2. The molecule has 0 spiro atoms. The molecule has 1 aromatic rings. The number of carboxylic acids is 1. The maximum atomic E-state index is 13.0. The number of carbonyl (C=O) groups excluding carboxylic acids is 1. The Morgan fingerprint density at radius 3 is 2.48 bits per heavy atom. The average Bonchev–Trinajstić information content (AvgIpc) is 2.28. The molecule has 0 aliphatic heterocycles. The maximum Gasteiger partial charge on any atom is 0.411 e. The number of rotatable bonds is 4. The summed E-state index contributed by atoms with van der Waals surface area (Å²) >= 11 is 0. The van der Waals surface area contributed by atoms with E-state index >= 15 is 0 Å². The molecule has 0 aromatic heterocycles. The van der Waals surface area contributed by atoms with Gasteiger partial charge in [0.2, 0.25) is 0 Å². The highest BCUT2D eigenvalue weighted by molar-refractivity contribution is 5.77. The maximum absolute atomic E-state index is 13.0. The number of benzene rings is 1. The molecule has 0 aliphatic carbocycles. The zero-order valence-corrected chi connectivity index (χ0v) is 12.2. The Balaban J connectivity index is 2.92. The van der Waals surface area contributed by atoms with Crippen LogP contribution in [0.1, 0.15) is 26.3 Å². The lowest BCUT2D eigenvalue weighted by Gasteiger charge is -2.26. The summed E-state index contributed by atoms with van der Waals surface area (Å²) in [6.45, 7) is 4.42. The molecule has 0 bridgehead atoms. The van der Waals surface area contributed by atoms with Crippen LogP contribution in [0, 0.1) is 5.82 Å². The Morgan fingerprint density at radius 2 is 2.00 bits per heavy atom. The number of halogens is 1. The van der Waals surface area contributed by atoms with Gasteiger partial charge >= 0.3 is 12.1 Å². The van der Waals surface area contributed by atoms with Crippen molar-refractivity contribution in [2.75, 3.05) is 12.3 Å². The highest BCUT2D eigenvalue weighted by Crippen LogP contribution is 2.18. The second-order valence-electron chi connectivity index (χ2n) is 5.57. The fraction of sp³-hybridized carbons (Fsp3) is 0.429. The Morgan fingerprint density at radius 1 is 1.38 bits per heavy atom. The summed E-state index contributed by atoms with van der Waals surface area (Å²) in [6.07, 6.45) is -0.770. The zero-order valence-electron chi connectivity index (χ0n) is 12.2. The third-order valence-corrected chi connectivity index (χ3v) is 2.45.